The Kier molecular flexibility index (Phi) is 3.99. The van der Waals surface area contributed by atoms with Crippen molar-refractivity contribution in [2.24, 2.45) is 5.92 Å². The molecular formula is C20H19FN2O2. The molecule has 128 valence electrons. The van der Waals surface area contributed by atoms with Gasteiger partial charge in [0.15, 0.2) is 0 Å². The molecular weight excluding hydrogens is 319 g/mol. The lowest BCUT2D eigenvalue weighted by Crippen LogP contribution is -2.36. The van der Waals surface area contributed by atoms with E-state index in [4.69, 9.17) is 0 Å². The van der Waals surface area contributed by atoms with Crippen LogP contribution in [-0.2, 0) is 17.8 Å². The molecule has 25 heavy (non-hydrogen) atoms. The van der Waals surface area contributed by atoms with E-state index in [1.807, 2.05) is 23.1 Å². The van der Waals surface area contributed by atoms with Crippen LogP contribution in [0, 0.1) is 11.7 Å². The molecule has 2 aliphatic rings. The summed E-state index contributed by atoms with van der Waals surface area (Å²) in [5.41, 5.74) is 3.40. The lowest BCUT2D eigenvalue weighted by atomic mass is 9.98. The van der Waals surface area contributed by atoms with Crippen molar-refractivity contribution in [1.82, 2.24) is 4.90 Å². The van der Waals surface area contributed by atoms with Gasteiger partial charge in [0, 0.05) is 30.3 Å². The number of amides is 2. The molecule has 0 atom stereocenters. The summed E-state index contributed by atoms with van der Waals surface area (Å²) in [7, 11) is 0. The Balaban J connectivity index is 1.48. The summed E-state index contributed by atoms with van der Waals surface area (Å²) < 4.78 is 13.0. The highest BCUT2D eigenvalue weighted by atomic mass is 19.1. The number of carbonyl (C=O) groups excluding carboxylic acids is 2. The molecule has 1 N–H and O–H groups in total. The highest BCUT2D eigenvalue weighted by Crippen LogP contribution is 2.33. The zero-order valence-electron chi connectivity index (χ0n) is 13.8. The molecule has 1 aliphatic heterocycles. The van der Waals surface area contributed by atoms with Crippen LogP contribution in [0.15, 0.2) is 42.5 Å². The van der Waals surface area contributed by atoms with E-state index < -0.39 is 0 Å². The average Bonchev–Trinajstić information content (AvgIpc) is 3.46. The Bertz CT molecular complexity index is 828. The minimum absolute atomic E-state index is 0.225. The molecule has 0 unspecified atom stereocenters. The monoisotopic (exact) mass is 338 g/mol. The van der Waals surface area contributed by atoms with E-state index in [1.54, 1.807) is 0 Å². The van der Waals surface area contributed by atoms with Crippen molar-refractivity contribution >= 4 is 17.5 Å². The van der Waals surface area contributed by atoms with Gasteiger partial charge in [-0.2, -0.15) is 0 Å². The number of nitrogens with zero attached hydrogens (tertiary/aromatic N) is 1. The van der Waals surface area contributed by atoms with Crippen LogP contribution in [0.1, 0.15) is 34.3 Å². The Morgan fingerprint density at radius 2 is 1.80 bits per heavy atom. The van der Waals surface area contributed by atoms with Crippen LogP contribution in [-0.4, -0.2) is 23.3 Å². The summed E-state index contributed by atoms with van der Waals surface area (Å²) in [4.78, 5) is 26.5. The van der Waals surface area contributed by atoms with Gasteiger partial charge < -0.3 is 10.2 Å². The first kappa shape index (κ1) is 15.8. The number of benzene rings is 2. The molecule has 0 saturated heterocycles. The Labute approximate surface area is 145 Å². The van der Waals surface area contributed by atoms with E-state index in [-0.39, 0.29) is 23.5 Å². The maximum atomic E-state index is 13.0. The van der Waals surface area contributed by atoms with Crippen LogP contribution in [0.4, 0.5) is 10.1 Å². The SMILES string of the molecule is O=C(Nc1ccc2c(c1)CN(C(=O)C1CC1)CC2)c1ccc(F)cc1. The second kappa shape index (κ2) is 6.31. The number of hydrogen-bond acceptors (Lipinski definition) is 2. The third-order valence-electron chi connectivity index (χ3n) is 4.82. The zero-order chi connectivity index (χ0) is 17.4. The van der Waals surface area contributed by atoms with E-state index >= 15 is 0 Å². The molecule has 0 aromatic heterocycles. The van der Waals surface area contributed by atoms with Crippen LogP contribution in [0.25, 0.3) is 0 Å². The molecule has 0 radical (unpaired) electrons. The second-order valence-corrected chi connectivity index (χ2v) is 6.73. The van der Waals surface area contributed by atoms with Crippen LogP contribution in [0.3, 0.4) is 0 Å². The van der Waals surface area contributed by atoms with Gasteiger partial charge in [-0.15, -0.1) is 0 Å². The van der Waals surface area contributed by atoms with E-state index in [2.05, 4.69) is 5.32 Å². The molecule has 4 rings (SSSR count). The highest BCUT2D eigenvalue weighted by molar-refractivity contribution is 6.04. The minimum Gasteiger partial charge on any atom is -0.338 e. The average molecular weight is 338 g/mol. The van der Waals surface area contributed by atoms with Crippen molar-refractivity contribution in [3.8, 4) is 0 Å². The summed E-state index contributed by atoms with van der Waals surface area (Å²) in [5.74, 6) is -0.165. The number of fused-ring (bicyclic) bond motifs is 1. The maximum absolute atomic E-state index is 13.0. The molecule has 5 heteroatoms. The lowest BCUT2D eigenvalue weighted by Gasteiger charge is -2.29. The zero-order valence-corrected chi connectivity index (χ0v) is 13.8. The molecule has 2 amide bonds. The summed E-state index contributed by atoms with van der Waals surface area (Å²) in [6.45, 7) is 1.37. The van der Waals surface area contributed by atoms with Crippen molar-refractivity contribution in [1.29, 1.82) is 0 Å². The van der Waals surface area contributed by atoms with Crippen LogP contribution in [0.2, 0.25) is 0 Å². The maximum Gasteiger partial charge on any atom is 0.255 e. The first-order valence-corrected chi connectivity index (χ1v) is 8.57. The number of carbonyl (C=O) groups is 2. The fourth-order valence-electron chi connectivity index (χ4n) is 3.22. The molecule has 0 bridgehead atoms. The lowest BCUT2D eigenvalue weighted by molar-refractivity contribution is -0.133. The molecule has 0 spiro atoms. The van der Waals surface area contributed by atoms with Crippen molar-refractivity contribution in [3.05, 3.63) is 65.0 Å². The molecule has 2 aromatic carbocycles. The topological polar surface area (TPSA) is 49.4 Å². The second-order valence-electron chi connectivity index (χ2n) is 6.73. The van der Waals surface area contributed by atoms with E-state index in [0.29, 0.717) is 17.8 Å². The normalized spacial score (nSPS) is 16.3. The van der Waals surface area contributed by atoms with Crippen LogP contribution in [0.5, 0.6) is 0 Å². The number of hydrogen-bond donors (Lipinski definition) is 1. The summed E-state index contributed by atoms with van der Waals surface area (Å²) >= 11 is 0. The van der Waals surface area contributed by atoms with Crippen molar-refractivity contribution < 1.29 is 14.0 Å². The van der Waals surface area contributed by atoms with Crippen molar-refractivity contribution in [2.45, 2.75) is 25.8 Å². The summed E-state index contributed by atoms with van der Waals surface area (Å²) in [6, 6.07) is 11.3. The van der Waals surface area contributed by atoms with E-state index in [9.17, 15) is 14.0 Å². The summed E-state index contributed by atoms with van der Waals surface area (Å²) in [5, 5.41) is 2.84. The standard InChI is InChI=1S/C20H19FN2O2/c21-17-6-3-14(4-7-17)19(24)22-18-8-5-13-9-10-23(12-16(13)11-18)20(25)15-1-2-15/h3-8,11,15H,1-2,9-10,12H2,(H,22,24). The highest BCUT2D eigenvalue weighted by Gasteiger charge is 2.34. The van der Waals surface area contributed by atoms with E-state index in [0.717, 1.165) is 31.4 Å². The fourth-order valence-corrected chi connectivity index (χ4v) is 3.22. The van der Waals surface area contributed by atoms with Gasteiger partial charge >= 0.3 is 0 Å². The van der Waals surface area contributed by atoms with Gasteiger partial charge in [-0.1, -0.05) is 6.07 Å². The quantitative estimate of drug-likeness (QED) is 0.933. The van der Waals surface area contributed by atoms with Crippen molar-refractivity contribution in [3.63, 3.8) is 0 Å². The van der Waals surface area contributed by atoms with E-state index in [1.165, 1.54) is 29.8 Å². The van der Waals surface area contributed by atoms with Gasteiger partial charge in [0.05, 0.1) is 0 Å². The Morgan fingerprint density at radius 3 is 2.52 bits per heavy atom. The smallest absolute Gasteiger partial charge is 0.255 e. The number of nitrogens with one attached hydrogen (secondary N) is 1. The first-order valence-electron chi connectivity index (χ1n) is 8.57. The molecule has 1 aliphatic carbocycles. The Hall–Kier alpha value is -2.69. The number of halogens is 1. The third kappa shape index (κ3) is 3.40. The van der Waals surface area contributed by atoms with Gasteiger partial charge in [-0.25, -0.2) is 4.39 Å². The predicted octanol–water partition coefficient (Wildman–Crippen LogP) is 3.37. The van der Waals surface area contributed by atoms with Gasteiger partial charge in [-0.3, -0.25) is 9.59 Å². The predicted molar refractivity (Wildman–Crippen MR) is 92.6 cm³/mol. The van der Waals surface area contributed by atoms with Gasteiger partial charge in [-0.05, 0) is 66.8 Å². The first-order chi connectivity index (χ1) is 12.1. The third-order valence-corrected chi connectivity index (χ3v) is 4.82. The molecule has 2 aromatic rings. The van der Waals surface area contributed by atoms with Crippen LogP contribution >= 0.6 is 0 Å². The van der Waals surface area contributed by atoms with Gasteiger partial charge in [0.2, 0.25) is 5.91 Å². The van der Waals surface area contributed by atoms with Gasteiger partial charge in [0.25, 0.3) is 5.91 Å². The largest absolute Gasteiger partial charge is 0.338 e. The molecule has 4 nitrogen and oxygen atoms in total. The number of rotatable bonds is 3. The molecule has 1 fully saturated rings. The summed E-state index contributed by atoms with van der Waals surface area (Å²) in [6.07, 6.45) is 2.87. The molecule has 1 heterocycles. The van der Waals surface area contributed by atoms with Gasteiger partial charge in [0.1, 0.15) is 5.82 Å². The molecule has 1 saturated carbocycles. The minimum atomic E-state index is -0.370. The van der Waals surface area contributed by atoms with Crippen LogP contribution < -0.4 is 5.32 Å². The number of anilines is 1. The Morgan fingerprint density at radius 1 is 1.04 bits per heavy atom. The fraction of sp³-hybridized carbons (Fsp3) is 0.300. The van der Waals surface area contributed by atoms with Crippen molar-refractivity contribution in [2.75, 3.05) is 11.9 Å².